The van der Waals surface area contributed by atoms with Crippen LogP contribution in [0.25, 0.3) is 6.08 Å². The molecule has 0 aromatic heterocycles. The van der Waals surface area contributed by atoms with Gasteiger partial charge in [-0.05, 0) is 29.5 Å². The summed E-state index contributed by atoms with van der Waals surface area (Å²) >= 11 is 6.76. The van der Waals surface area contributed by atoms with Gasteiger partial charge in [-0.2, -0.15) is 0 Å². The van der Waals surface area contributed by atoms with Crippen LogP contribution in [-0.2, 0) is 14.3 Å². The number of nitrogens with zero attached hydrogens (tertiary/aromatic N) is 1. The smallest absolute Gasteiger partial charge is 0.325 e. The van der Waals surface area contributed by atoms with Gasteiger partial charge in [-0.15, -0.1) is 0 Å². The van der Waals surface area contributed by atoms with Crippen molar-refractivity contribution in [1.82, 2.24) is 4.90 Å². The van der Waals surface area contributed by atoms with Gasteiger partial charge >= 0.3 is 5.97 Å². The molecular weight excluding hydrogens is 302 g/mol. The molecule has 2 rings (SSSR count). The van der Waals surface area contributed by atoms with Gasteiger partial charge < -0.3 is 4.74 Å². The highest BCUT2D eigenvalue weighted by atomic mass is 35.5. The van der Waals surface area contributed by atoms with Gasteiger partial charge in [0.1, 0.15) is 6.54 Å². The zero-order chi connectivity index (χ0) is 14.7. The van der Waals surface area contributed by atoms with E-state index >= 15 is 0 Å². The number of halogens is 1. The van der Waals surface area contributed by atoms with Crippen LogP contribution in [0.4, 0.5) is 4.79 Å². The molecule has 0 N–H and O–H groups in total. The lowest BCUT2D eigenvalue weighted by atomic mass is 10.2. The van der Waals surface area contributed by atoms with Crippen molar-refractivity contribution in [2.75, 3.05) is 13.7 Å². The quantitative estimate of drug-likeness (QED) is 0.634. The molecule has 1 aliphatic rings. The molecule has 1 aromatic rings. The van der Waals surface area contributed by atoms with E-state index in [1.807, 2.05) is 0 Å². The van der Waals surface area contributed by atoms with E-state index in [0.717, 1.165) is 16.7 Å². The zero-order valence-corrected chi connectivity index (χ0v) is 12.0. The lowest BCUT2D eigenvalue weighted by Gasteiger charge is -2.09. The fraction of sp³-hybridized carbons (Fsp3) is 0.154. The highest BCUT2D eigenvalue weighted by molar-refractivity contribution is 8.18. The second-order valence-corrected chi connectivity index (χ2v) is 5.27. The Labute approximate surface area is 124 Å². The van der Waals surface area contributed by atoms with Crippen LogP contribution in [0.15, 0.2) is 29.2 Å². The minimum Gasteiger partial charge on any atom is -0.468 e. The SMILES string of the molecule is COC(=O)CN1C(=O)S/C(=C\c2ccccc2Cl)C1=O. The first-order chi connectivity index (χ1) is 9.52. The first-order valence-electron chi connectivity index (χ1n) is 5.59. The number of ether oxygens (including phenoxy) is 1. The molecule has 7 heteroatoms. The molecule has 0 spiro atoms. The molecule has 1 saturated heterocycles. The first kappa shape index (κ1) is 14.6. The van der Waals surface area contributed by atoms with Crippen molar-refractivity contribution in [1.29, 1.82) is 0 Å². The van der Waals surface area contributed by atoms with E-state index in [2.05, 4.69) is 4.74 Å². The van der Waals surface area contributed by atoms with Crippen LogP contribution in [0.3, 0.4) is 0 Å². The van der Waals surface area contributed by atoms with Crippen LogP contribution in [0, 0.1) is 0 Å². The molecule has 1 heterocycles. The number of hydrogen-bond donors (Lipinski definition) is 0. The molecule has 20 heavy (non-hydrogen) atoms. The van der Waals surface area contributed by atoms with Crippen molar-refractivity contribution in [2.45, 2.75) is 0 Å². The van der Waals surface area contributed by atoms with Crippen molar-refractivity contribution in [3.8, 4) is 0 Å². The Morgan fingerprint density at radius 3 is 2.75 bits per heavy atom. The number of carbonyl (C=O) groups is 3. The summed E-state index contributed by atoms with van der Waals surface area (Å²) in [6.07, 6.45) is 1.53. The molecule has 1 aliphatic heterocycles. The largest absolute Gasteiger partial charge is 0.468 e. The van der Waals surface area contributed by atoms with Gasteiger partial charge in [-0.3, -0.25) is 19.3 Å². The fourth-order valence-electron chi connectivity index (χ4n) is 1.56. The van der Waals surface area contributed by atoms with E-state index in [0.29, 0.717) is 10.6 Å². The lowest BCUT2D eigenvalue weighted by Crippen LogP contribution is -2.34. The Morgan fingerprint density at radius 1 is 1.40 bits per heavy atom. The van der Waals surface area contributed by atoms with Gasteiger partial charge in [0.25, 0.3) is 11.1 Å². The van der Waals surface area contributed by atoms with Crippen LogP contribution in [0.1, 0.15) is 5.56 Å². The number of carbonyl (C=O) groups excluding carboxylic acids is 3. The minimum atomic E-state index is -0.647. The number of thioether (sulfide) groups is 1. The normalized spacial score (nSPS) is 16.9. The third-order valence-electron chi connectivity index (χ3n) is 2.58. The van der Waals surface area contributed by atoms with E-state index < -0.39 is 17.1 Å². The third-order valence-corrected chi connectivity index (χ3v) is 3.83. The number of amides is 2. The molecule has 0 atom stereocenters. The second kappa shape index (κ2) is 6.11. The van der Waals surface area contributed by atoms with Crippen LogP contribution < -0.4 is 0 Å². The summed E-state index contributed by atoms with van der Waals surface area (Å²) in [4.78, 5) is 36.0. The molecule has 1 aromatic carbocycles. The highest BCUT2D eigenvalue weighted by Crippen LogP contribution is 2.33. The summed E-state index contributed by atoms with van der Waals surface area (Å²) in [5.74, 6) is -1.17. The molecule has 0 unspecified atom stereocenters. The number of rotatable bonds is 3. The van der Waals surface area contributed by atoms with Crippen LogP contribution in [-0.4, -0.2) is 35.7 Å². The Balaban J connectivity index is 2.24. The van der Waals surface area contributed by atoms with E-state index in [4.69, 9.17) is 11.6 Å². The molecule has 1 fully saturated rings. The van der Waals surface area contributed by atoms with E-state index in [9.17, 15) is 14.4 Å². The number of esters is 1. The monoisotopic (exact) mass is 311 g/mol. The topological polar surface area (TPSA) is 63.7 Å². The van der Waals surface area contributed by atoms with Gasteiger partial charge in [0.05, 0.1) is 12.0 Å². The van der Waals surface area contributed by atoms with Gasteiger partial charge in [-0.25, -0.2) is 0 Å². The number of imide groups is 1. The number of hydrogen-bond acceptors (Lipinski definition) is 5. The predicted octanol–water partition coefficient (Wildman–Crippen LogP) is 2.55. The zero-order valence-electron chi connectivity index (χ0n) is 10.5. The molecule has 2 amide bonds. The Hall–Kier alpha value is -1.79. The van der Waals surface area contributed by atoms with E-state index in [1.165, 1.54) is 13.2 Å². The van der Waals surface area contributed by atoms with Crippen LogP contribution >= 0.6 is 23.4 Å². The summed E-state index contributed by atoms with van der Waals surface area (Å²) in [6.45, 7) is -0.388. The lowest BCUT2D eigenvalue weighted by molar-refractivity contribution is -0.143. The molecule has 0 aliphatic carbocycles. The standard InChI is InChI=1S/C13H10ClNO4S/c1-19-11(16)7-15-12(17)10(20-13(15)18)6-8-4-2-3-5-9(8)14/h2-6H,7H2,1H3/b10-6-. The second-order valence-electron chi connectivity index (χ2n) is 3.87. The Bertz CT molecular complexity index is 614. The van der Waals surface area contributed by atoms with Gasteiger partial charge in [0.15, 0.2) is 0 Å². The van der Waals surface area contributed by atoms with Crippen molar-refractivity contribution >= 4 is 46.6 Å². The third kappa shape index (κ3) is 3.02. The van der Waals surface area contributed by atoms with Crippen molar-refractivity contribution in [3.63, 3.8) is 0 Å². The molecule has 0 bridgehead atoms. The van der Waals surface area contributed by atoms with E-state index in [-0.39, 0.29) is 11.4 Å². The van der Waals surface area contributed by atoms with Gasteiger partial charge in [-0.1, -0.05) is 29.8 Å². The summed E-state index contributed by atoms with van der Waals surface area (Å²) < 4.78 is 4.45. The molecule has 104 valence electrons. The maximum Gasteiger partial charge on any atom is 0.325 e. The summed E-state index contributed by atoms with van der Waals surface area (Å²) in [6, 6.07) is 6.96. The van der Waals surface area contributed by atoms with Crippen LogP contribution in [0.2, 0.25) is 5.02 Å². The maximum absolute atomic E-state index is 12.0. The average molecular weight is 312 g/mol. The highest BCUT2D eigenvalue weighted by Gasteiger charge is 2.36. The predicted molar refractivity (Wildman–Crippen MR) is 76.1 cm³/mol. The number of methoxy groups -OCH3 is 1. The first-order valence-corrected chi connectivity index (χ1v) is 6.79. The Kier molecular flexibility index (Phi) is 4.46. The molecule has 0 saturated carbocycles. The van der Waals surface area contributed by atoms with Crippen molar-refractivity contribution < 1.29 is 19.1 Å². The average Bonchev–Trinajstić information content (AvgIpc) is 2.69. The maximum atomic E-state index is 12.0. The summed E-state index contributed by atoms with van der Waals surface area (Å²) in [5, 5.41) is -0.0222. The molecular formula is C13H10ClNO4S. The van der Waals surface area contributed by atoms with E-state index in [1.54, 1.807) is 24.3 Å². The summed E-state index contributed by atoms with van der Waals surface area (Å²) in [7, 11) is 1.20. The van der Waals surface area contributed by atoms with Gasteiger partial charge in [0.2, 0.25) is 0 Å². The van der Waals surface area contributed by atoms with Gasteiger partial charge in [0, 0.05) is 5.02 Å². The molecule has 0 radical (unpaired) electrons. The summed E-state index contributed by atoms with van der Waals surface area (Å²) in [5.41, 5.74) is 0.637. The fourth-order valence-corrected chi connectivity index (χ4v) is 2.58. The van der Waals surface area contributed by atoms with Crippen LogP contribution in [0.5, 0.6) is 0 Å². The minimum absolute atomic E-state index is 0.229. The number of benzene rings is 1. The van der Waals surface area contributed by atoms with Crippen molar-refractivity contribution in [2.24, 2.45) is 0 Å². The Morgan fingerprint density at radius 2 is 2.10 bits per heavy atom. The molecule has 5 nitrogen and oxygen atoms in total. The van der Waals surface area contributed by atoms with Crippen molar-refractivity contribution in [3.05, 3.63) is 39.8 Å².